The predicted octanol–water partition coefficient (Wildman–Crippen LogP) is 2.70. The molecular weight excluding hydrogens is 412 g/mol. The zero-order chi connectivity index (χ0) is 23.5. The Morgan fingerprint density at radius 2 is 1.88 bits per heavy atom. The quantitative estimate of drug-likeness (QED) is 0.664. The molecule has 0 radical (unpaired) electrons. The van der Waals surface area contributed by atoms with E-state index in [0.29, 0.717) is 19.3 Å². The lowest BCUT2D eigenvalue weighted by molar-refractivity contribution is -0.199. The third-order valence-electron chi connectivity index (χ3n) is 8.79. The Labute approximate surface area is 188 Å². The second kappa shape index (κ2) is 7.65. The number of fused-ring (bicyclic) bond motifs is 5. The summed E-state index contributed by atoms with van der Waals surface area (Å²) in [7, 11) is 0. The van der Waals surface area contributed by atoms with Crippen LogP contribution in [0.25, 0.3) is 0 Å². The van der Waals surface area contributed by atoms with Gasteiger partial charge in [-0.15, -0.1) is 0 Å². The number of allylic oxidation sites excluding steroid dienone is 4. The van der Waals surface area contributed by atoms with E-state index in [1.165, 1.54) is 13.8 Å². The first-order valence-electron chi connectivity index (χ1n) is 11.4. The largest absolute Gasteiger partial charge is 0.458 e. The van der Waals surface area contributed by atoms with E-state index in [2.05, 4.69) is 6.92 Å². The molecule has 0 heterocycles. The third kappa shape index (κ3) is 3.19. The third-order valence-corrected chi connectivity index (χ3v) is 8.79. The maximum Gasteiger partial charge on any atom is 0.303 e. The monoisotopic (exact) mass is 444 g/mol. The molecule has 7 nitrogen and oxygen atoms in total. The van der Waals surface area contributed by atoms with Crippen molar-refractivity contribution in [3.8, 4) is 0 Å². The van der Waals surface area contributed by atoms with Gasteiger partial charge in [0.1, 0.15) is 0 Å². The van der Waals surface area contributed by atoms with Crippen molar-refractivity contribution in [2.24, 2.45) is 28.6 Å². The van der Waals surface area contributed by atoms with Crippen LogP contribution in [-0.2, 0) is 28.7 Å². The van der Waals surface area contributed by atoms with E-state index < -0.39 is 46.9 Å². The standard InChI is InChI=1S/C25H32O7/c1-14(26)31-13-21(30)25(32-15(2)27)10-8-19-18-6-5-16-11-17(28)7-9-23(16,3)22(18)20(29)12-24(19,25)4/h7,9,11,18-20,22,29H,5-6,8,10,12-13H2,1-4H3/t18-,19-,20?,22+,23-,24-,25-/m0/s1. The van der Waals surface area contributed by atoms with E-state index in [4.69, 9.17) is 9.47 Å². The van der Waals surface area contributed by atoms with Crippen LogP contribution in [0.2, 0.25) is 0 Å². The van der Waals surface area contributed by atoms with Gasteiger partial charge in [0.05, 0.1) is 6.10 Å². The summed E-state index contributed by atoms with van der Waals surface area (Å²) in [6.07, 6.45) is 7.38. The van der Waals surface area contributed by atoms with Crippen LogP contribution in [0.3, 0.4) is 0 Å². The second-order valence-electron chi connectivity index (χ2n) is 10.4. The van der Waals surface area contributed by atoms with E-state index in [1.54, 1.807) is 12.2 Å². The zero-order valence-electron chi connectivity index (χ0n) is 19.2. The average molecular weight is 445 g/mol. The van der Waals surface area contributed by atoms with Crippen molar-refractivity contribution in [1.82, 2.24) is 0 Å². The molecule has 0 aromatic carbocycles. The smallest absolute Gasteiger partial charge is 0.303 e. The number of hydrogen-bond acceptors (Lipinski definition) is 7. The molecule has 0 bridgehead atoms. The lowest BCUT2D eigenvalue weighted by Gasteiger charge is -2.59. The summed E-state index contributed by atoms with van der Waals surface area (Å²) in [5, 5.41) is 11.5. The van der Waals surface area contributed by atoms with Gasteiger partial charge in [0.25, 0.3) is 0 Å². The predicted molar refractivity (Wildman–Crippen MR) is 114 cm³/mol. The van der Waals surface area contributed by atoms with Crippen molar-refractivity contribution in [2.75, 3.05) is 6.61 Å². The Kier molecular flexibility index (Phi) is 5.47. The van der Waals surface area contributed by atoms with Crippen LogP contribution in [-0.4, -0.2) is 46.9 Å². The van der Waals surface area contributed by atoms with Gasteiger partial charge in [-0.1, -0.05) is 25.5 Å². The molecule has 3 saturated carbocycles. The fourth-order valence-corrected chi connectivity index (χ4v) is 7.53. The number of Topliss-reactive ketones (excluding diaryl/α,β-unsaturated/α-hetero) is 1. The molecule has 4 aliphatic carbocycles. The summed E-state index contributed by atoms with van der Waals surface area (Å²) < 4.78 is 10.8. The van der Waals surface area contributed by atoms with E-state index >= 15 is 0 Å². The normalized spacial score (nSPS) is 42.3. The molecule has 0 spiro atoms. The van der Waals surface area contributed by atoms with Crippen LogP contribution in [0.4, 0.5) is 0 Å². The summed E-state index contributed by atoms with van der Waals surface area (Å²) in [5.41, 5.74) is -1.56. The van der Waals surface area contributed by atoms with E-state index in [9.17, 15) is 24.3 Å². The van der Waals surface area contributed by atoms with Crippen LogP contribution in [0.15, 0.2) is 23.8 Å². The maximum atomic E-state index is 13.4. The number of esters is 2. The van der Waals surface area contributed by atoms with Gasteiger partial charge in [-0.05, 0) is 56.1 Å². The first kappa shape index (κ1) is 22.9. The van der Waals surface area contributed by atoms with Crippen molar-refractivity contribution in [3.63, 3.8) is 0 Å². The van der Waals surface area contributed by atoms with Gasteiger partial charge in [0.15, 0.2) is 18.0 Å². The fourth-order valence-electron chi connectivity index (χ4n) is 7.53. The Bertz CT molecular complexity index is 933. The lowest BCUT2D eigenvalue weighted by atomic mass is 9.46. The molecule has 0 aromatic heterocycles. The molecule has 0 aliphatic heterocycles. The average Bonchev–Trinajstić information content (AvgIpc) is 2.98. The van der Waals surface area contributed by atoms with E-state index in [0.717, 1.165) is 18.4 Å². The zero-order valence-corrected chi connectivity index (χ0v) is 19.2. The van der Waals surface area contributed by atoms with Gasteiger partial charge in [-0.3, -0.25) is 19.2 Å². The summed E-state index contributed by atoms with van der Waals surface area (Å²) in [4.78, 5) is 48.8. The molecule has 4 aliphatic rings. The Morgan fingerprint density at radius 1 is 1.16 bits per heavy atom. The van der Waals surface area contributed by atoms with Crippen molar-refractivity contribution >= 4 is 23.5 Å². The van der Waals surface area contributed by atoms with Crippen LogP contribution in [0.1, 0.15) is 59.8 Å². The highest BCUT2D eigenvalue weighted by Crippen LogP contribution is 2.67. The molecular formula is C25H32O7. The molecule has 1 N–H and O–H groups in total. The van der Waals surface area contributed by atoms with Crippen molar-refractivity contribution in [2.45, 2.75) is 71.5 Å². The Balaban J connectivity index is 1.73. The topological polar surface area (TPSA) is 107 Å². The summed E-state index contributed by atoms with van der Waals surface area (Å²) in [6.45, 7) is 6.08. The number of carbonyl (C=O) groups is 4. The molecule has 0 saturated heterocycles. The van der Waals surface area contributed by atoms with Crippen molar-refractivity contribution in [1.29, 1.82) is 0 Å². The Hall–Kier alpha value is -2.28. The lowest BCUT2D eigenvalue weighted by Crippen LogP contribution is -2.63. The highest BCUT2D eigenvalue weighted by Gasteiger charge is 2.70. The molecule has 7 heteroatoms. The summed E-state index contributed by atoms with van der Waals surface area (Å²) >= 11 is 0. The van der Waals surface area contributed by atoms with Gasteiger partial charge in [0, 0.05) is 30.6 Å². The minimum absolute atomic E-state index is 0.0168. The van der Waals surface area contributed by atoms with E-state index in [-0.39, 0.29) is 23.5 Å². The maximum absolute atomic E-state index is 13.4. The first-order valence-corrected chi connectivity index (χ1v) is 11.4. The highest BCUT2D eigenvalue weighted by atomic mass is 16.6. The minimum Gasteiger partial charge on any atom is -0.458 e. The van der Waals surface area contributed by atoms with Crippen LogP contribution >= 0.6 is 0 Å². The van der Waals surface area contributed by atoms with Crippen LogP contribution < -0.4 is 0 Å². The first-order chi connectivity index (χ1) is 14.9. The molecule has 1 unspecified atom stereocenters. The van der Waals surface area contributed by atoms with E-state index in [1.807, 2.05) is 13.0 Å². The molecule has 7 atom stereocenters. The number of ketones is 2. The van der Waals surface area contributed by atoms with Crippen molar-refractivity contribution < 1.29 is 33.8 Å². The van der Waals surface area contributed by atoms with Crippen LogP contribution in [0.5, 0.6) is 0 Å². The van der Waals surface area contributed by atoms with Gasteiger partial charge in [-0.2, -0.15) is 0 Å². The van der Waals surface area contributed by atoms with Gasteiger partial charge in [-0.25, -0.2) is 0 Å². The molecule has 3 fully saturated rings. The molecule has 4 rings (SSSR count). The van der Waals surface area contributed by atoms with Crippen LogP contribution in [0, 0.1) is 28.6 Å². The van der Waals surface area contributed by atoms with Crippen molar-refractivity contribution in [3.05, 3.63) is 23.8 Å². The number of rotatable bonds is 4. The molecule has 174 valence electrons. The number of carbonyl (C=O) groups excluding carboxylic acids is 4. The second-order valence-corrected chi connectivity index (χ2v) is 10.4. The SMILES string of the molecule is CC(=O)OCC(=O)[C@@]1(OC(C)=O)CC[C@H]2[C@@H]3CCC4=CC(=O)C=C[C@]4(C)[C@H]3C(O)C[C@@]21C. The van der Waals surface area contributed by atoms with Gasteiger partial charge < -0.3 is 14.6 Å². The Morgan fingerprint density at radius 3 is 2.53 bits per heavy atom. The summed E-state index contributed by atoms with van der Waals surface area (Å²) in [6, 6.07) is 0. The van der Waals surface area contributed by atoms with Gasteiger partial charge in [0.2, 0.25) is 5.78 Å². The molecule has 0 aromatic rings. The molecule has 32 heavy (non-hydrogen) atoms. The molecule has 0 amide bonds. The number of ether oxygens (including phenoxy) is 2. The van der Waals surface area contributed by atoms with Gasteiger partial charge >= 0.3 is 11.9 Å². The highest BCUT2D eigenvalue weighted by molar-refractivity contribution is 6.01. The number of aliphatic hydroxyl groups excluding tert-OH is 1. The summed E-state index contributed by atoms with van der Waals surface area (Å²) in [5.74, 6) is -1.49. The fraction of sp³-hybridized carbons (Fsp3) is 0.680. The number of hydrogen-bond donors (Lipinski definition) is 1. The minimum atomic E-state index is -1.43. The number of aliphatic hydroxyl groups is 1.